The van der Waals surface area contributed by atoms with Crippen LogP contribution in [0.5, 0.6) is 0 Å². The summed E-state index contributed by atoms with van der Waals surface area (Å²) in [7, 11) is 0. The molecule has 0 radical (unpaired) electrons. The first-order valence-corrected chi connectivity index (χ1v) is 18.9. The maximum Gasteiger partial charge on any atom is 0.143 e. The van der Waals surface area contributed by atoms with E-state index in [1.54, 1.807) is 0 Å². The molecule has 0 aliphatic heterocycles. The maximum absolute atomic E-state index is 6.52. The molecule has 4 nitrogen and oxygen atoms in total. The third kappa shape index (κ3) is 4.73. The van der Waals surface area contributed by atoms with E-state index in [2.05, 4.69) is 169 Å². The lowest BCUT2D eigenvalue weighted by Gasteiger charge is -2.26. The lowest BCUT2D eigenvalue weighted by molar-refractivity contribution is 0.668. The molecule has 3 aromatic heterocycles. The fraction of sp³-hybridized carbons (Fsp3) is 0. The summed E-state index contributed by atoms with van der Waals surface area (Å²) in [5, 5.41) is 9.00. The van der Waals surface area contributed by atoms with E-state index in [0.717, 1.165) is 111 Å². The molecule has 0 saturated heterocycles. The van der Waals surface area contributed by atoms with Crippen molar-refractivity contribution in [1.82, 2.24) is 0 Å². The molecule has 0 saturated carbocycles. The standard InChI is InChI=1S/C52H31NO3/c1-2-9-40-33(8-1)20-27-43-51-39(12-7-15-50(51)56-52(40)43)34-18-24-37(25-19-34)53(38-26-29-49-45(31-38)42-11-4-6-14-47(42)55-49)36-22-16-32(17-23-36)35-21-28-48-44(30-35)41-10-3-5-13-46(41)54-48/h1-31H. The first-order chi connectivity index (χ1) is 27.7. The molecule has 4 heteroatoms. The predicted octanol–water partition coefficient (Wildman–Crippen LogP) is 15.3. The lowest BCUT2D eigenvalue weighted by Crippen LogP contribution is -2.09. The SMILES string of the molecule is c1ccc2c(c1)ccc1c2oc2cccc(-c3ccc(N(c4ccc(-c5ccc6oc7ccccc7c6c5)cc4)c4ccc5oc6ccccc6c5c4)cc3)c21. The average molecular weight is 718 g/mol. The largest absolute Gasteiger partial charge is 0.456 e. The van der Waals surface area contributed by atoms with E-state index in [1.807, 2.05) is 24.3 Å². The van der Waals surface area contributed by atoms with Gasteiger partial charge in [0.1, 0.15) is 33.5 Å². The second-order valence-corrected chi connectivity index (χ2v) is 14.5. The molecular formula is C52H31NO3. The Balaban J connectivity index is 0.978. The highest BCUT2D eigenvalue weighted by atomic mass is 16.3. The Labute approximate surface area is 321 Å². The third-order valence-corrected chi connectivity index (χ3v) is 11.3. The van der Waals surface area contributed by atoms with Crippen molar-refractivity contribution in [2.24, 2.45) is 0 Å². The molecular weight excluding hydrogens is 687 g/mol. The first-order valence-electron chi connectivity index (χ1n) is 18.9. The normalized spacial score (nSPS) is 11.9. The fourth-order valence-electron chi connectivity index (χ4n) is 8.59. The van der Waals surface area contributed by atoms with Crippen molar-refractivity contribution in [1.29, 1.82) is 0 Å². The van der Waals surface area contributed by atoms with E-state index in [9.17, 15) is 0 Å². The average Bonchev–Trinajstić information content (AvgIpc) is 3.95. The first kappa shape index (κ1) is 30.9. The van der Waals surface area contributed by atoms with Crippen molar-refractivity contribution >= 4 is 93.7 Å². The van der Waals surface area contributed by atoms with Crippen LogP contribution >= 0.6 is 0 Å². The Morgan fingerprint density at radius 2 is 0.857 bits per heavy atom. The highest BCUT2D eigenvalue weighted by molar-refractivity contribution is 6.19. The fourth-order valence-corrected chi connectivity index (χ4v) is 8.59. The molecule has 9 aromatic carbocycles. The summed E-state index contributed by atoms with van der Waals surface area (Å²) in [6.07, 6.45) is 0. The van der Waals surface area contributed by atoms with E-state index in [4.69, 9.17) is 13.3 Å². The molecule has 0 aliphatic carbocycles. The van der Waals surface area contributed by atoms with Crippen LogP contribution in [0.3, 0.4) is 0 Å². The van der Waals surface area contributed by atoms with Crippen LogP contribution in [0, 0.1) is 0 Å². The predicted molar refractivity (Wildman–Crippen MR) is 231 cm³/mol. The minimum atomic E-state index is 0.871. The van der Waals surface area contributed by atoms with Gasteiger partial charge in [0.15, 0.2) is 0 Å². The molecule has 12 rings (SSSR count). The number of rotatable bonds is 5. The van der Waals surface area contributed by atoms with Crippen molar-refractivity contribution in [2.75, 3.05) is 4.90 Å². The minimum absolute atomic E-state index is 0.871. The number of para-hydroxylation sites is 2. The molecule has 12 aromatic rings. The van der Waals surface area contributed by atoms with Crippen LogP contribution in [-0.2, 0) is 0 Å². The monoisotopic (exact) mass is 717 g/mol. The topological polar surface area (TPSA) is 42.7 Å². The Hall–Kier alpha value is -7.56. The highest BCUT2D eigenvalue weighted by Crippen LogP contribution is 2.43. The molecule has 0 atom stereocenters. The Morgan fingerprint density at radius 1 is 0.304 bits per heavy atom. The molecule has 0 spiro atoms. The molecule has 56 heavy (non-hydrogen) atoms. The summed E-state index contributed by atoms with van der Waals surface area (Å²) < 4.78 is 18.9. The Morgan fingerprint density at radius 3 is 1.59 bits per heavy atom. The summed E-state index contributed by atoms with van der Waals surface area (Å²) in [6.45, 7) is 0. The van der Waals surface area contributed by atoms with Gasteiger partial charge in [-0.3, -0.25) is 0 Å². The van der Waals surface area contributed by atoms with Crippen LogP contribution in [-0.4, -0.2) is 0 Å². The number of fused-ring (bicyclic) bond motifs is 11. The number of benzene rings is 9. The van der Waals surface area contributed by atoms with Gasteiger partial charge in [-0.05, 0) is 107 Å². The van der Waals surface area contributed by atoms with Gasteiger partial charge in [0.05, 0.1) is 0 Å². The smallest absolute Gasteiger partial charge is 0.143 e. The van der Waals surface area contributed by atoms with Gasteiger partial charge < -0.3 is 18.2 Å². The van der Waals surface area contributed by atoms with E-state index >= 15 is 0 Å². The molecule has 0 unspecified atom stereocenters. The van der Waals surface area contributed by atoms with Crippen LogP contribution in [0.4, 0.5) is 17.1 Å². The Bertz CT molecular complexity index is 3470. The summed E-state index contributed by atoms with van der Waals surface area (Å²) in [5.74, 6) is 0. The van der Waals surface area contributed by atoms with Crippen LogP contribution in [0.15, 0.2) is 201 Å². The molecule has 0 aliphatic rings. The van der Waals surface area contributed by atoms with Crippen molar-refractivity contribution in [3.05, 3.63) is 188 Å². The van der Waals surface area contributed by atoms with Crippen molar-refractivity contribution in [3.63, 3.8) is 0 Å². The molecule has 3 heterocycles. The van der Waals surface area contributed by atoms with Gasteiger partial charge in [0.25, 0.3) is 0 Å². The summed E-state index contributed by atoms with van der Waals surface area (Å²) >= 11 is 0. The second-order valence-electron chi connectivity index (χ2n) is 14.5. The van der Waals surface area contributed by atoms with Gasteiger partial charge in [-0.2, -0.15) is 0 Å². The number of nitrogens with zero attached hydrogens (tertiary/aromatic N) is 1. The third-order valence-electron chi connectivity index (χ3n) is 11.3. The lowest BCUT2D eigenvalue weighted by atomic mass is 9.98. The van der Waals surface area contributed by atoms with Crippen LogP contribution in [0.2, 0.25) is 0 Å². The van der Waals surface area contributed by atoms with E-state index in [1.165, 1.54) is 5.39 Å². The second kappa shape index (κ2) is 12.0. The van der Waals surface area contributed by atoms with E-state index in [0.29, 0.717) is 0 Å². The number of hydrogen-bond donors (Lipinski definition) is 0. The quantitative estimate of drug-likeness (QED) is 0.178. The maximum atomic E-state index is 6.52. The van der Waals surface area contributed by atoms with Crippen LogP contribution < -0.4 is 4.90 Å². The molecule has 262 valence electrons. The zero-order valence-electron chi connectivity index (χ0n) is 30.1. The van der Waals surface area contributed by atoms with Crippen molar-refractivity contribution < 1.29 is 13.3 Å². The number of hydrogen-bond acceptors (Lipinski definition) is 4. The number of furan rings is 3. The van der Waals surface area contributed by atoms with Gasteiger partial charge in [-0.1, -0.05) is 109 Å². The van der Waals surface area contributed by atoms with Crippen LogP contribution in [0.25, 0.3) is 98.8 Å². The summed E-state index contributed by atoms with van der Waals surface area (Å²) in [5.41, 5.74) is 13.1. The van der Waals surface area contributed by atoms with Gasteiger partial charge in [-0.25, -0.2) is 0 Å². The van der Waals surface area contributed by atoms with Gasteiger partial charge >= 0.3 is 0 Å². The molecule has 0 amide bonds. The number of anilines is 3. The highest BCUT2D eigenvalue weighted by Gasteiger charge is 2.18. The zero-order valence-corrected chi connectivity index (χ0v) is 30.1. The summed E-state index contributed by atoms with van der Waals surface area (Å²) in [6, 6.07) is 66.2. The zero-order chi connectivity index (χ0) is 36.7. The molecule has 0 fully saturated rings. The van der Waals surface area contributed by atoms with Gasteiger partial charge in [-0.15, -0.1) is 0 Å². The van der Waals surface area contributed by atoms with E-state index in [-0.39, 0.29) is 0 Å². The minimum Gasteiger partial charge on any atom is -0.456 e. The van der Waals surface area contributed by atoms with Gasteiger partial charge in [0, 0.05) is 54.8 Å². The van der Waals surface area contributed by atoms with Crippen molar-refractivity contribution in [2.45, 2.75) is 0 Å². The summed E-state index contributed by atoms with van der Waals surface area (Å²) in [4.78, 5) is 2.32. The van der Waals surface area contributed by atoms with E-state index < -0.39 is 0 Å². The molecule has 0 N–H and O–H groups in total. The van der Waals surface area contributed by atoms with Crippen LogP contribution in [0.1, 0.15) is 0 Å². The van der Waals surface area contributed by atoms with Gasteiger partial charge in [0.2, 0.25) is 0 Å². The van der Waals surface area contributed by atoms with Crippen molar-refractivity contribution in [3.8, 4) is 22.3 Å². The Kier molecular flexibility index (Phi) is 6.60. The molecule has 0 bridgehead atoms.